The number of sulfonamides is 1. The van der Waals surface area contributed by atoms with Crippen molar-refractivity contribution >= 4 is 38.1 Å². The van der Waals surface area contributed by atoms with Gasteiger partial charge in [0.2, 0.25) is 5.13 Å². The van der Waals surface area contributed by atoms with Gasteiger partial charge in [-0.25, -0.2) is 0 Å². The molecule has 2 aromatic carbocycles. The lowest BCUT2D eigenvalue weighted by atomic mass is 10.3. The maximum Gasteiger partial charge on any atom is 0.293 e. The second kappa shape index (κ2) is 9.01. The van der Waals surface area contributed by atoms with E-state index < -0.39 is 22.0 Å². The summed E-state index contributed by atoms with van der Waals surface area (Å²) >= 11 is 0.791. The highest BCUT2D eigenvalue weighted by molar-refractivity contribution is 7.94. The van der Waals surface area contributed by atoms with Gasteiger partial charge in [0.05, 0.1) is 5.69 Å². The molecule has 0 aliphatic rings. The SMILES string of the molecule is CCN(c1ccccc1)S(=O)(=O)c1nnc(NC(=O)[C@H](C)Oc2ccccc2)s1. The number of aromatic nitrogens is 2. The molecule has 10 heteroatoms. The molecule has 3 aromatic rings. The first kappa shape index (κ1) is 20.7. The first-order valence-electron chi connectivity index (χ1n) is 8.85. The van der Waals surface area contributed by atoms with Gasteiger partial charge in [0.25, 0.3) is 20.3 Å². The predicted octanol–water partition coefficient (Wildman–Crippen LogP) is 3.16. The molecule has 152 valence electrons. The van der Waals surface area contributed by atoms with Gasteiger partial charge in [-0.2, -0.15) is 8.42 Å². The van der Waals surface area contributed by atoms with Crippen molar-refractivity contribution in [2.75, 3.05) is 16.2 Å². The van der Waals surface area contributed by atoms with Gasteiger partial charge in [-0.3, -0.25) is 14.4 Å². The lowest BCUT2D eigenvalue weighted by Crippen LogP contribution is -2.30. The number of amides is 1. The Bertz CT molecular complexity index is 1060. The van der Waals surface area contributed by atoms with E-state index in [1.54, 1.807) is 68.4 Å². The molecule has 0 bridgehead atoms. The number of anilines is 2. The highest BCUT2D eigenvalue weighted by Crippen LogP contribution is 2.27. The summed E-state index contributed by atoms with van der Waals surface area (Å²) in [6.07, 6.45) is -0.794. The molecule has 8 nitrogen and oxygen atoms in total. The highest BCUT2D eigenvalue weighted by atomic mass is 32.2. The van der Waals surface area contributed by atoms with Crippen LogP contribution in [0.25, 0.3) is 0 Å². The normalized spacial score (nSPS) is 12.2. The van der Waals surface area contributed by atoms with E-state index in [1.807, 2.05) is 6.07 Å². The van der Waals surface area contributed by atoms with Crippen LogP contribution in [-0.4, -0.2) is 37.2 Å². The molecule has 0 spiro atoms. The van der Waals surface area contributed by atoms with Crippen molar-refractivity contribution in [3.63, 3.8) is 0 Å². The summed E-state index contributed by atoms with van der Waals surface area (Å²) < 4.78 is 32.5. The van der Waals surface area contributed by atoms with Crippen LogP contribution in [0.3, 0.4) is 0 Å². The van der Waals surface area contributed by atoms with E-state index in [2.05, 4.69) is 15.5 Å². The average Bonchev–Trinajstić information content (AvgIpc) is 3.19. The van der Waals surface area contributed by atoms with Crippen LogP contribution >= 0.6 is 11.3 Å². The molecule has 1 N–H and O–H groups in total. The summed E-state index contributed by atoms with van der Waals surface area (Å²) in [5.74, 6) is 0.0986. The topological polar surface area (TPSA) is 101 Å². The zero-order valence-electron chi connectivity index (χ0n) is 15.8. The quantitative estimate of drug-likeness (QED) is 0.549. The number of para-hydroxylation sites is 2. The second-order valence-corrected chi connectivity index (χ2v) is 8.95. The second-order valence-electron chi connectivity index (χ2n) is 5.94. The molecular weight excluding hydrogens is 412 g/mol. The number of nitrogens with one attached hydrogen (secondary N) is 1. The predicted molar refractivity (Wildman–Crippen MR) is 112 cm³/mol. The summed E-state index contributed by atoms with van der Waals surface area (Å²) in [6.45, 7) is 3.56. The van der Waals surface area contributed by atoms with Gasteiger partial charge in [0.15, 0.2) is 6.10 Å². The fourth-order valence-corrected chi connectivity index (χ4v) is 4.99. The van der Waals surface area contributed by atoms with E-state index in [4.69, 9.17) is 4.74 Å². The van der Waals surface area contributed by atoms with Crippen LogP contribution in [0.5, 0.6) is 5.75 Å². The summed E-state index contributed by atoms with van der Waals surface area (Å²) in [7, 11) is -3.89. The maximum absolute atomic E-state index is 12.9. The monoisotopic (exact) mass is 432 g/mol. The Hall–Kier alpha value is -2.98. The number of carbonyl (C=O) groups is 1. The van der Waals surface area contributed by atoms with Gasteiger partial charge in [-0.1, -0.05) is 47.7 Å². The lowest BCUT2D eigenvalue weighted by Gasteiger charge is -2.20. The number of hydrogen-bond donors (Lipinski definition) is 1. The number of hydrogen-bond acceptors (Lipinski definition) is 7. The zero-order chi connectivity index (χ0) is 20.9. The smallest absolute Gasteiger partial charge is 0.293 e. The largest absolute Gasteiger partial charge is 0.481 e. The molecule has 3 rings (SSSR count). The molecule has 0 aliphatic heterocycles. The molecule has 1 atom stereocenters. The Kier molecular flexibility index (Phi) is 6.45. The van der Waals surface area contributed by atoms with Crippen molar-refractivity contribution in [1.29, 1.82) is 0 Å². The van der Waals surface area contributed by atoms with E-state index in [9.17, 15) is 13.2 Å². The van der Waals surface area contributed by atoms with Crippen molar-refractivity contribution in [3.8, 4) is 5.75 Å². The third-order valence-corrected chi connectivity index (χ3v) is 6.99. The Morgan fingerprint density at radius 1 is 1.10 bits per heavy atom. The van der Waals surface area contributed by atoms with Crippen molar-refractivity contribution in [3.05, 3.63) is 60.7 Å². The van der Waals surface area contributed by atoms with Crippen molar-refractivity contribution in [2.45, 2.75) is 24.3 Å². The van der Waals surface area contributed by atoms with Crippen molar-refractivity contribution in [2.24, 2.45) is 0 Å². The van der Waals surface area contributed by atoms with Gasteiger partial charge >= 0.3 is 0 Å². The van der Waals surface area contributed by atoms with Gasteiger partial charge in [-0.05, 0) is 38.1 Å². The summed E-state index contributed by atoms with van der Waals surface area (Å²) in [5.41, 5.74) is 0.528. The van der Waals surface area contributed by atoms with Crippen molar-refractivity contribution in [1.82, 2.24) is 10.2 Å². The maximum atomic E-state index is 12.9. The molecule has 1 aromatic heterocycles. The number of carbonyl (C=O) groups excluding carboxylic acids is 1. The van der Waals surface area contributed by atoms with Crippen LogP contribution in [0.15, 0.2) is 65.0 Å². The van der Waals surface area contributed by atoms with Crippen LogP contribution < -0.4 is 14.4 Å². The zero-order valence-corrected chi connectivity index (χ0v) is 17.5. The highest BCUT2D eigenvalue weighted by Gasteiger charge is 2.28. The van der Waals surface area contributed by atoms with E-state index in [-0.39, 0.29) is 16.0 Å². The molecule has 1 amide bonds. The van der Waals surface area contributed by atoms with Gasteiger partial charge < -0.3 is 4.74 Å². The van der Waals surface area contributed by atoms with Gasteiger partial charge in [-0.15, -0.1) is 10.2 Å². The molecule has 0 saturated heterocycles. The standard InChI is InChI=1S/C19H20N4O4S2/c1-3-23(15-10-6-4-7-11-15)29(25,26)19-22-21-18(28-19)20-17(24)14(2)27-16-12-8-5-9-13-16/h4-14H,3H2,1-2H3,(H,20,21,24)/t14-/m0/s1. The Labute approximate surface area is 173 Å². The minimum Gasteiger partial charge on any atom is -0.481 e. The third kappa shape index (κ3) is 4.90. The average molecular weight is 433 g/mol. The Morgan fingerprint density at radius 2 is 1.72 bits per heavy atom. The number of nitrogens with zero attached hydrogens (tertiary/aromatic N) is 3. The van der Waals surface area contributed by atoms with Crippen LogP contribution in [0.4, 0.5) is 10.8 Å². The van der Waals surface area contributed by atoms with Gasteiger partial charge in [0.1, 0.15) is 5.75 Å². The molecule has 0 unspecified atom stereocenters. The molecule has 1 heterocycles. The first-order valence-corrected chi connectivity index (χ1v) is 11.1. The first-order chi connectivity index (χ1) is 13.9. The molecule has 0 fully saturated rings. The third-order valence-electron chi connectivity index (χ3n) is 3.90. The van der Waals surface area contributed by atoms with Gasteiger partial charge in [0, 0.05) is 6.54 Å². The Balaban J connectivity index is 1.72. The lowest BCUT2D eigenvalue weighted by molar-refractivity contribution is -0.122. The number of benzene rings is 2. The molecule has 0 radical (unpaired) electrons. The molecule has 0 saturated carbocycles. The van der Waals surface area contributed by atoms with E-state index in [0.717, 1.165) is 11.3 Å². The minimum atomic E-state index is -3.89. The molecule has 0 aliphatic carbocycles. The Morgan fingerprint density at radius 3 is 2.34 bits per heavy atom. The van der Waals surface area contributed by atoms with Crippen LogP contribution in [0.1, 0.15) is 13.8 Å². The summed E-state index contributed by atoms with van der Waals surface area (Å²) in [4.78, 5) is 12.3. The molecular formula is C19H20N4O4S2. The van der Waals surface area contributed by atoms with Crippen LogP contribution in [-0.2, 0) is 14.8 Å². The minimum absolute atomic E-state index is 0.0844. The van der Waals surface area contributed by atoms with Crippen LogP contribution in [0, 0.1) is 0 Å². The van der Waals surface area contributed by atoms with E-state index in [0.29, 0.717) is 11.4 Å². The fourth-order valence-electron chi connectivity index (χ4n) is 2.51. The fraction of sp³-hybridized carbons (Fsp3) is 0.211. The molecule has 29 heavy (non-hydrogen) atoms. The van der Waals surface area contributed by atoms with E-state index >= 15 is 0 Å². The van der Waals surface area contributed by atoms with Crippen molar-refractivity contribution < 1.29 is 17.9 Å². The van der Waals surface area contributed by atoms with Crippen LogP contribution in [0.2, 0.25) is 0 Å². The summed E-state index contributed by atoms with van der Waals surface area (Å²) in [5, 5.41) is 10.2. The van der Waals surface area contributed by atoms with E-state index in [1.165, 1.54) is 4.31 Å². The number of ether oxygens (including phenoxy) is 1. The summed E-state index contributed by atoms with van der Waals surface area (Å²) in [6, 6.07) is 17.6. The number of rotatable bonds is 8.